The predicted molar refractivity (Wildman–Crippen MR) is 32.3 cm³/mol. The SMILES string of the molecule is CC(C#N)[N]C(C)C#N. The molecule has 9 heavy (non-hydrogen) atoms. The number of nitrogens with zero attached hydrogens (tertiary/aromatic N) is 3. The molecule has 0 aromatic carbocycles. The fourth-order valence-electron chi connectivity index (χ4n) is 0.402. The van der Waals surface area contributed by atoms with Gasteiger partial charge in [0.25, 0.3) is 0 Å². The Balaban J connectivity index is 3.53. The maximum atomic E-state index is 8.23. The third-order valence-electron chi connectivity index (χ3n) is 0.821. The van der Waals surface area contributed by atoms with Crippen molar-refractivity contribution in [2.75, 3.05) is 0 Å². The smallest absolute Gasteiger partial charge is 0.110 e. The van der Waals surface area contributed by atoms with Gasteiger partial charge < -0.3 is 0 Å². The molecule has 0 aromatic rings. The molecule has 0 heterocycles. The summed E-state index contributed by atoms with van der Waals surface area (Å²) < 4.78 is 0. The monoisotopic (exact) mass is 122 g/mol. The molecule has 0 spiro atoms. The van der Waals surface area contributed by atoms with Crippen LogP contribution in [0.3, 0.4) is 0 Å². The van der Waals surface area contributed by atoms with Crippen LogP contribution in [0, 0.1) is 22.7 Å². The van der Waals surface area contributed by atoms with E-state index in [1.165, 1.54) is 0 Å². The van der Waals surface area contributed by atoms with E-state index in [0.717, 1.165) is 0 Å². The quantitative estimate of drug-likeness (QED) is 0.532. The van der Waals surface area contributed by atoms with E-state index < -0.39 is 0 Å². The van der Waals surface area contributed by atoms with Gasteiger partial charge in [0.15, 0.2) is 0 Å². The molecule has 1 radical (unpaired) electrons. The van der Waals surface area contributed by atoms with E-state index in [9.17, 15) is 0 Å². The zero-order valence-corrected chi connectivity index (χ0v) is 5.50. The molecule has 0 aromatic heterocycles. The van der Waals surface area contributed by atoms with Crippen LogP contribution in [0.15, 0.2) is 0 Å². The molecule has 0 aliphatic heterocycles. The maximum Gasteiger partial charge on any atom is 0.110 e. The summed E-state index contributed by atoms with van der Waals surface area (Å²) in [4.78, 5) is 0. The number of hydrogen-bond acceptors (Lipinski definition) is 2. The summed E-state index contributed by atoms with van der Waals surface area (Å²) in [6.45, 7) is 3.32. The van der Waals surface area contributed by atoms with E-state index in [2.05, 4.69) is 5.32 Å². The van der Waals surface area contributed by atoms with Crippen molar-refractivity contribution in [3.63, 3.8) is 0 Å². The second-order valence-electron chi connectivity index (χ2n) is 1.76. The molecule has 3 nitrogen and oxygen atoms in total. The van der Waals surface area contributed by atoms with Crippen LogP contribution in [-0.2, 0) is 0 Å². The Kier molecular flexibility index (Phi) is 3.43. The lowest BCUT2D eigenvalue weighted by molar-refractivity contribution is 0.587. The van der Waals surface area contributed by atoms with Gasteiger partial charge in [0.2, 0.25) is 0 Å². The fourth-order valence-corrected chi connectivity index (χ4v) is 0.402. The summed E-state index contributed by atoms with van der Waals surface area (Å²) in [5.41, 5.74) is 0. The van der Waals surface area contributed by atoms with Crippen molar-refractivity contribution in [1.82, 2.24) is 5.32 Å². The van der Waals surface area contributed by atoms with Gasteiger partial charge in [-0.3, -0.25) is 0 Å². The molecular formula is C6H8N3. The lowest BCUT2D eigenvalue weighted by Crippen LogP contribution is -2.24. The van der Waals surface area contributed by atoms with Gasteiger partial charge in [-0.15, -0.1) is 0 Å². The summed E-state index contributed by atoms with van der Waals surface area (Å²) in [6.07, 6.45) is 0. The van der Waals surface area contributed by atoms with E-state index in [0.29, 0.717) is 0 Å². The van der Waals surface area contributed by atoms with Crippen molar-refractivity contribution in [3.05, 3.63) is 0 Å². The second-order valence-corrected chi connectivity index (χ2v) is 1.76. The van der Waals surface area contributed by atoms with Crippen LogP contribution in [0.4, 0.5) is 0 Å². The lowest BCUT2D eigenvalue weighted by atomic mass is 10.3. The van der Waals surface area contributed by atoms with Gasteiger partial charge >= 0.3 is 0 Å². The molecule has 0 saturated carbocycles. The minimum absolute atomic E-state index is 0.361. The highest BCUT2D eigenvalue weighted by Gasteiger charge is 2.04. The summed E-state index contributed by atoms with van der Waals surface area (Å²) in [6, 6.07) is 3.10. The number of hydrogen-bond donors (Lipinski definition) is 0. The van der Waals surface area contributed by atoms with Crippen LogP contribution in [0.5, 0.6) is 0 Å². The molecule has 3 heteroatoms. The van der Waals surface area contributed by atoms with Crippen LogP contribution < -0.4 is 5.32 Å². The molecule has 2 atom stereocenters. The van der Waals surface area contributed by atoms with Gasteiger partial charge in [-0.2, -0.15) is 10.5 Å². The van der Waals surface area contributed by atoms with Gasteiger partial charge in [-0.1, -0.05) is 0 Å². The highest BCUT2D eigenvalue weighted by molar-refractivity contribution is 4.93. The standard InChI is InChI=1S/C6H8N3/c1-5(3-7)9-6(2)4-8/h5-6H,1-2H3. The molecule has 0 N–H and O–H groups in total. The van der Waals surface area contributed by atoms with E-state index in [1.807, 2.05) is 12.1 Å². The highest BCUT2D eigenvalue weighted by atomic mass is 14.9. The van der Waals surface area contributed by atoms with Gasteiger partial charge in [0, 0.05) is 0 Å². The van der Waals surface area contributed by atoms with Gasteiger partial charge in [0.1, 0.15) is 12.1 Å². The van der Waals surface area contributed by atoms with Crippen LogP contribution in [0.25, 0.3) is 0 Å². The third-order valence-corrected chi connectivity index (χ3v) is 0.821. The molecule has 0 fully saturated rings. The Labute approximate surface area is 54.9 Å². The topological polar surface area (TPSA) is 61.7 Å². The number of rotatable bonds is 2. The van der Waals surface area contributed by atoms with E-state index in [1.54, 1.807) is 13.8 Å². The van der Waals surface area contributed by atoms with Gasteiger partial charge in [-0.05, 0) is 13.8 Å². The second kappa shape index (κ2) is 3.88. The minimum atomic E-state index is -0.361. The van der Waals surface area contributed by atoms with Crippen molar-refractivity contribution in [2.45, 2.75) is 25.9 Å². The number of nitriles is 2. The molecular weight excluding hydrogens is 114 g/mol. The predicted octanol–water partition coefficient (Wildman–Crippen LogP) is 0.415. The Morgan fingerprint density at radius 2 is 1.44 bits per heavy atom. The van der Waals surface area contributed by atoms with Crippen molar-refractivity contribution < 1.29 is 0 Å². The van der Waals surface area contributed by atoms with Crippen LogP contribution in [-0.4, -0.2) is 12.1 Å². The molecule has 0 bridgehead atoms. The van der Waals surface area contributed by atoms with Crippen molar-refractivity contribution in [3.8, 4) is 12.1 Å². The Morgan fingerprint density at radius 1 is 1.11 bits per heavy atom. The fraction of sp³-hybridized carbons (Fsp3) is 0.667. The normalized spacial score (nSPS) is 15.1. The molecule has 0 amide bonds. The summed E-state index contributed by atoms with van der Waals surface area (Å²) >= 11 is 0. The van der Waals surface area contributed by atoms with Crippen LogP contribution >= 0.6 is 0 Å². The zero-order valence-electron chi connectivity index (χ0n) is 5.50. The first-order valence-corrected chi connectivity index (χ1v) is 2.70. The van der Waals surface area contributed by atoms with Crippen molar-refractivity contribution in [2.24, 2.45) is 0 Å². The first-order chi connectivity index (χ1) is 4.20. The minimum Gasteiger partial charge on any atom is -0.205 e. The lowest BCUT2D eigenvalue weighted by Gasteiger charge is -2.02. The molecule has 0 aliphatic carbocycles. The molecule has 2 unspecified atom stereocenters. The van der Waals surface area contributed by atoms with Crippen molar-refractivity contribution in [1.29, 1.82) is 10.5 Å². The average Bonchev–Trinajstić information content (AvgIpc) is 1.87. The van der Waals surface area contributed by atoms with Crippen molar-refractivity contribution >= 4 is 0 Å². The Morgan fingerprint density at radius 3 is 1.67 bits per heavy atom. The maximum absolute atomic E-state index is 8.23. The highest BCUT2D eigenvalue weighted by Crippen LogP contribution is 1.85. The first-order valence-electron chi connectivity index (χ1n) is 2.70. The third kappa shape index (κ3) is 3.52. The van der Waals surface area contributed by atoms with Crippen LogP contribution in [0.2, 0.25) is 0 Å². The van der Waals surface area contributed by atoms with E-state index in [-0.39, 0.29) is 12.1 Å². The summed E-state index contributed by atoms with van der Waals surface area (Å²) in [7, 11) is 0. The Hall–Kier alpha value is -1.06. The summed E-state index contributed by atoms with van der Waals surface area (Å²) in [5, 5.41) is 20.2. The van der Waals surface area contributed by atoms with Crippen LogP contribution in [0.1, 0.15) is 13.8 Å². The van der Waals surface area contributed by atoms with E-state index in [4.69, 9.17) is 10.5 Å². The van der Waals surface area contributed by atoms with Gasteiger partial charge in [-0.25, -0.2) is 5.32 Å². The largest absolute Gasteiger partial charge is 0.205 e. The summed E-state index contributed by atoms with van der Waals surface area (Å²) in [5.74, 6) is 0. The van der Waals surface area contributed by atoms with E-state index >= 15 is 0 Å². The molecule has 0 saturated heterocycles. The van der Waals surface area contributed by atoms with Gasteiger partial charge in [0.05, 0.1) is 12.1 Å². The zero-order chi connectivity index (χ0) is 7.28. The average molecular weight is 122 g/mol. The first kappa shape index (κ1) is 7.94. The molecule has 47 valence electrons. The molecule has 0 aliphatic rings. The molecule has 0 rings (SSSR count). The Bertz CT molecular complexity index is 133.